The van der Waals surface area contributed by atoms with E-state index in [4.69, 9.17) is 0 Å². The number of rotatable bonds is 0. The number of aromatic nitrogens is 1. The lowest BCUT2D eigenvalue weighted by Gasteiger charge is -1.92. The largest absolute Gasteiger partial charge is 0.411 e. The highest BCUT2D eigenvalue weighted by Crippen LogP contribution is 1.98. The van der Waals surface area contributed by atoms with Gasteiger partial charge in [0.1, 0.15) is 0 Å². The summed E-state index contributed by atoms with van der Waals surface area (Å²) in [4.78, 5) is 11.1. The molecule has 0 amide bonds. The van der Waals surface area contributed by atoms with Crippen LogP contribution in [0.3, 0.4) is 0 Å². The number of fused-ring (bicyclic) bond motifs is 1. The first kappa shape index (κ1) is 6.61. The van der Waals surface area contributed by atoms with Crippen molar-refractivity contribution in [2.24, 2.45) is 0 Å². The smallest absolute Gasteiger partial charge is 0.250 e. The Hall–Kier alpha value is -1.09. The van der Waals surface area contributed by atoms with E-state index in [1.165, 1.54) is 15.6 Å². The molecule has 2 nitrogen and oxygen atoms in total. The van der Waals surface area contributed by atoms with Crippen molar-refractivity contribution in [3.8, 4) is 0 Å². The van der Waals surface area contributed by atoms with Gasteiger partial charge in [-0.1, -0.05) is 23.8 Å². The van der Waals surface area contributed by atoms with Crippen LogP contribution in [0.1, 0.15) is 12.1 Å². The van der Waals surface area contributed by atoms with Crippen molar-refractivity contribution in [3.05, 3.63) is 32.7 Å². The molecule has 3 heteroatoms. The fraction of sp³-hybridized carbons (Fsp3) is 0.125. The van der Waals surface area contributed by atoms with E-state index in [2.05, 4.69) is 6.72 Å². The average molecular weight is 165 g/mol. The highest BCUT2D eigenvalue weighted by Gasteiger charge is 2.04. The van der Waals surface area contributed by atoms with E-state index < -0.39 is 0 Å². The Balaban J connectivity index is 3.01. The minimum absolute atomic E-state index is 0.0119. The van der Waals surface area contributed by atoms with E-state index in [1.54, 1.807) is 0 Å². The third kappa shape index (κ3) is 0.886. The van der Waals surface area contributed by atoms with E-state index in [9.17, 15) is 4.79 Å². The first-order valence-corrected chi connectivity index (χ1v) is 4.17. The standard InChI is InChI=1S/C8H7NOS/c1-9-6-4-2-3-5-7(6)11-8(9)10/h2,4-5H,1,3H2. The minimum atomic E-state index is 0.0119. The quantitative estimate of drug-likeness (QED) is 0.390. The van der Waals surface area contributed by atoms with Crippen LogP contribution in [0.4, 0.5) is 0 Å². The summed E-state index contributed by atoms with van der Waals surface area (Å²) in [5.74, 6) is 0. The number of hydrogen-bond acceptors (Lipinski definition) is 2. The maximum absolute atomic E-state index is 11.1. The first-order chi connectivity index (χ1) is 5.29. The highest BCUT2D eigenvalue weighted by molar-refractivity contribution is 7.06. The lowest BCUT2D eigenvalue weighted by Crippen LogP contribution is -2.32. The van der Waals surface area contributed by atoms with Crippen molar-refractivity contribution in [2.45, 2.75) is 6.42 Å². The molecule has 2 rings (SSSR count). The number of hydrogen-bond donors (Lipinski definition) is 0. The molecule has 0 aliphatic heterocycles. The van der Waals surface area contributed by atoms with Crippen LogP contribution >= 0.6 is 11.3 Å². The second kappa shape index (κ2) is 2.20. The normalized spacial score (nSPS) is 14.2. The molecule has 0 bridgehead atoms. The van der Waals surface area contributed by atoms with Crippen LogP contribution in [-0.2, 0) is 0 Å². The van der Waals surface area contributed by atoms with Gasteiger partial charge in [0.25, 0.3) is 0 Å². The zero-order valence-electron chi connectivity index (χ0n) is 5.91. The number of thiazole rings is 1. The SMILES string of the molecule is C=[n+]1c(=O)sc2[c-]1C=CCC=2. The summed E-state index contributed by atoms with van der Waals surface area (Å²) in [6.07, 6.45) is 6.94. The topological polar surface area (TPSA) is 23.0 Å². The van der Waals surface area contributed by atoms with E-state index in [-0.39, 0.29) is 4.87 Å². The van der Waals surface area contributed by atoms with Crippen LogP contribution in [0.15, 0.2) is 10.9 Å². The monoisotopic (exact) mass is 165 g/mol. The van der Waals surface area contributed by atoms with E-state index >= 15 is 0 Å². The molecule has 1 aliphatic rings. The van der Waals surface area contributed by atoms with Gasteiger partial charge in [-0.05, 0) is 0 Å². The molecule has 0 radical (unpaired) electrons. The first-order valence-electron chi connectivity index (χ1n) is 3.35. The molecule has 11 heavy (non-hydrogen) atoms. The summed E-state index contributed by atoms with van der Waals surface area (Å²) in [7, 11) is 0. The molecular formula is C8H7NOS. The lowest BCUT2D eigenvalue weighted by molar-refractivity contribution is -0.510. The van der Waals surface area contributed by atoms with Crippen LogP contribution in [0, 0.1) is 6.72 Å². The van der Waals surface area contributed by atoms with Crippen LogP contribution in [0.5, 0.6) is 0 Å². The molecule has 0 atom stereocenters. The molecule has 0 saturated carbocycles. The Morgan fingerprint density at radius 1 is 1.73 bits per heavy atom. The average Bonchev–Trinajstić information content (AvgIpc) is 2.30. The van der Waals surface area contributed by atoms with Gasteiger partial charge in [0, 0.05) is 4.53 Å². The summed E-state index contributed by atoms with van der Waals surface area (Å²) in [6, 6.07) is 0. The van der Waals surface area contributed by atoms with Gasteiger partial charge in [0.15, 0.2) is 5.69 Å². The fourth-order valence-corrected chi connectivity index (χ4v) is 1.96. The van der Waals surface area contributed by atoms with Gasteiger partial charge in [-0.25, -0.2) is 4.24 Å². The van der Waals surface area contributed by atoms with Crippen molar-refractivity contribution in [1.29, 1.82) is 0 Å². The summed E-state index contributed by atoms with van der Waals surface area (Å²) in [6.45, 7) is 3.64. The van der Waals surface area contributed by atoms with E-state index in [0.717, 1.165) is 16.6 Å². The number of nitrogens with zero attached hydrogens (tertiary/aromatic N) is 1. The Bertz CT molecular complexity index is 463. The molecule has 1 aliphatic carbocycles. The van der Waals surface area contributed by atoms with E-state index in [0.29, 0.717) is 0 Å². The lowest BCUT2D eigenvalue weighted by atomic mass is 10.2. The maximum Gasteiger partial charge on any atom is 0.411 e. The van der Waals surface area contributed by atoms with Gasteiger partial charge in [-0.15, -0.1) is 12.2 Å². The highest BCUT2D eigenvalue weighted by atomic mass is 32.1. The summed E-state index contributed by atoms with van der Waals surface area (Å²) < 4.78 is 2.49. The molecule has 1 heterocycles. The van der Waals surface area contributed by atoms with Crippen LogP contribution < -0.4 is 13.6 Å². The van der Waals surface area contributed by atoms with Gasteiger partial charge in [-0.2, -0.15) is 0 Å². The molecule has 0 aromatic carbocycles. The Morgan fingerprint density at radius 3 is 3.27 bits per heavy atom. The fourth-order valence-electron chi connectivity index (χ4n) is 1.11. The molecule has 0 saturated heterocycles. The summed E-state index contributed by atoms with van der Waals surface area (Å²) >= 11 is 1.25. The van der Waals surface area contributed by atoms with Gasteiger partial charge >= 0.3 is 4.87 Å². The van der Waals surface area contributed by atoms with Crippen molar-refractivity contribution < 1.29 is 4.24 Å². The van der Waals surface area contributed by atoms with Gasteiger partial charge in [0.05, 0.1) is 6.72 Å². The van der Waals surface area contributed by atoms with E-state index in [1.807, 2.05) is 18.2 Å². The van der Waals surface area contributed by atoms with Gasteiger partial charge < -0.3 is 0 Å². The summed E-state index contributed by atoms with van der Waals surface area (Å²) in [5, 5.41) is 0. The van der Waals surface area contributed by atoms with Crippen LogP contribution in [0.2, 0.25) is 0 Å². The second-order valence-electron chi connectivity index (χ2n) is 2.39. The van der Waals surface area contributed by atoms with Gasteiger partial charge in [0.2, 0.25) is 0 Å². The summed E-state index contributed by atoms with van der Waals surface area (Å²) in [5.41, 5.74) is 0.936. The predicted octanol–water partition coefficient (Wildman–Crippen LogP) is -0.0482. The Morgan fingerprint density at radius 2 is 2.55 bits per heavy atom. The maximum atomic E-state index is 11.1. The minimum Gasteiger partial charge on any atom is -0.250 e. The molecule has 0 fully saturated rings. The third-order valence-electron chi connectivity index (χ3n) is 1.68. The molecule has 1 aromatic heterocycles. The van der Waals surface area contributed by atoms with Crippen LogP contribution in [-0.4, -0.2) is 0 Å². The molecule has 0 N–H and O–H groups in total. The second-order valence-corrected chi connectivity index (χ2v) is 3.38. The molecule has 1 aromatic rings. The van der Waals surface area contributed by atoms with Crippen molar-refractivity contribution >= 4 is 23.5 Å². The molecular weight excluding hydrogens is 158 g/mol. The van der Waals surface area contributed by atoms with Gasteiger partial charge in [-0.3, -0.25) is 4.79 Å². The zero-order valence-corrected chi connectivity index (χ0v) is 6.73. The molecule has 0 unspecified atom stereocenters. The number of allylic oxidation sites excluding steroid dienone is 1. The third-order valence-corrected chi connectivity index (χ3v) is 2.67. The van der Waals surface area contributed by atoms with Crippen molar-refractivity contribution in [1.82, 2.24) is 0 Å². The zero-order chi connectivity index (χ0) is 7.84. The Labute approximate surface area is 67.4 Å². The Kier molecular flexibility index (Phi) is 1.32. The predicted molar refractivity (Wildman–Crippen MR) is 44.9 cm³/mol. The van der Waals surface area contributed by atoms with Crippen LogP contribution in [0.25, 0.3) is 12.2 Å². The molecule has 0 spiro atoms. The van der Waals surface area contributed by atoms with Crippen molar-refractivity contribution in [3.63, 3.8) is 0 Å². The van der Waals surface area contributed by atoms with Crippen molar-refractivity contribution in [2.75, 3.05) is 0 Å². The molecule has 56 valence electrons.